The van der Waals surface area contributed by atoms with Crippen molar-refractivity contribution in [2.75, 3.05) is 5.32 Å². The number of nitrogens with one attached hydrogen (secondary N) is 1. The molecule has 2 rings (SSSR count). The molecule has 4 nitrogen and oxygen atoms in total. The third-order valence-electron chi connectivity index (χ3n) is 3.38. The maximum Gasteiger partial charge on any atom is 0.347 e. The van der Waals surface area contributed by atoms with E-state index in [4.69, 9.17) is 0 Å². The van der Waals surface area contributed by atoms with Crippen molar-refractivity contribution >= 4 is 28.1 Å². The summed E-state index contributed by atoms with van der Waals surface area (Å²) >= 11 is 1.19. The van der Waals surface area contributed by atoms with E-state index in [9.17, 15) is 9.90 Å². The van der Waals surface area contributed by atoms with Gasteiger partial charge >= 0.3 is 5.97 Å². The van der Waals surface area contributed by atoms with E-state index in [1.807, 2.05) is 19.1 Å². The van der Waals surface area contributed by atoms with Crippen LogP contribution in [0.4, 0.5) is 10.8 Å². The van der Waals surface area contributed by atoms with E-state index in [1.165, 1.54) is 16.9 Å². The van der Waals surface area contributed by atoms with Crippen molar-refractivity contribution in [2.45, 2.75) is 46.0 Å². The van der Waals surface area contributed by atoms with E-state index in [1.54, 1.807) is 0 Å². The summed E-state index contributed by atoms with van der Waals surface area (Å²) in [7, 11) is 0. The fourth-order valence-corrected chi connectivity index (χ4v) is 3.03. The number of rotatable bonds is 5. The van der Waals surface area contributed by atoms with Crippen molar-refractivity contribution in [3.8, 4) is 0 Å². The summed E-state index contributed by atoms with van der Waals surface area (Å²) in [6.07, 6.45) is 1.56. The molecule has 0 aliphatic heterocycles. The van der Waals surface area contributed by atoms with Crippen molar-refractivity contribution in [2.24, 2.45) is 0 Å². The molecule has 0 unspecified atom stereocenters. The monoisotopic (exact) mass is 318 g/mol. The molecule has 0 saturated heterocycles. The van der Waals surface area contributed by atoms with Crippen LogP contribution in [0.1, 0.15) is 55.0 Å². The van der Waals surface area contributed by atoms with E-state index in [0.29, 0.717) is 22.1 Å². The predicted octanol–water partition coefficient (Wildman–Crippen LogP) is 4.83. The summed E-state index contributed by atoms with van der Waals surface area (Å²) in [6, 6.07) is 8.17. The summed E-state index contributed by atoms with van der Waals surface area (Å²) in [5.74, 6) is -0.905. The van der Waals surface area contributed by atoms with Crippen molar-refractivity contribution in [1.29, 1.82) is 0 Å². The van der Waals surface area contributed by atoms with Crippen LogP contribution < -0.4 is 5.32 Å². The average Bonchev–Trinajstić information content (AvgIpc) is 2.82. The van der Waals surface area contributed by atoms with Crippen molar-refractivity contribution in [3.63, 3.8) is 0 Å². The quantitative estimate of drug-likeness (QED) is 0.828. The third-order valence-corrected chi connectivity index (χ3v) is 4.38. The first-order valence-corrected chi connectivity index (χ1v) is 8.23. The Balaban J connectivity index is 2.20. The summed E-state index contributed by atoms with van der Waals surface area (Å²) < 4.78 is 0. The number of thiazole rings is 1. The lowest BCUT2D eigenvalue weighted by Gasteiger charge is -2.19. The molecule has 0 radical (unpaired) electrons. The van der Waals surface area contributed by atoms with Crippen LogP contribution in [0.3, 0.4) is 0 Å². The van der Waals surface area contributed by atoms with Gasteiger partial charge in [-0.3, -0.25) is 0 Å². The molecule has 1 heterocycles. The molecule has 2 aromatic rings. The van der Waals surface area contributed by atoms with E-state index >= 15 is 0 Å². The van der Waals surface area contributed by atoms with Crippen LogP contribution in [-0.2, 0) is 11.8 Å². The number of carboxylic acid groups (broad SMARTS) is 1. The Bertz CT molecular complexity index is 654. The Morgan fingerprint density at radius 3 is 2.41 bits per heavy atom. The normalized spacial score (nSPS) is 11.5. The molecule has 0 saturated carbocycles. The van der Waals surface area contributed by atoms with Crippen LogP contribution in [0.25, 0.3) is 0 Å². The van der Waals surface area contributed by atoms with E-state index in [0.717, 1.165) is 12.1 Å². The summed E-state index contributed by atoms with van der Waals surface area (Å²) in [6.45, 7) is 8.54. The van der Waals surface area contributed by atoms with Gasteiger partial charge in [0.1, 0.15) is 4.88 Å². The van der Waals surface area contributed by atoms with Crippen LogP contribution >= 0.6 is 11.3 Å². The highest BCUT2D eigenvalue weighted by molar-refractivity contribution is 7.17. The van der Waals surface area contributed by atoms with Crippen LogP contribution in [0.5, 0.6) is 0 Å². The number of benzene rings is 1. The summed E-state index contributed by atoms with van der Waals surface area (Å²) in [5.41, 5.74) is 2.95. The van der Waals surface area contributed by atoms with E-state index < -0.39 is 5.97 Å². The number of anilines is 2. The van der Waals surface area contributed by atoms with E-state index in [2.05, 4.69) is 43.2 Å². The predicted molar refractivity (Wildman–Crippen MR) is 91.5 cm³/mol. The highest BCUT2D eigenvalue weighted by atomic mass is 32.1. The van der Waals surface area contributed by atoms with Gasteiger partial charge in [0.25, 0.3) is 0 Å². The lowest BCUT2D eigenvalue weighted by molar-refractivity contribution is 0.0700. The summed E-state index contributed by atoms with van der Waals surface area (Å²) in [5, 5.41) is 13.1. The lowest BCUT2D eigenvalue weighted by atomic mass is 9.87. The molecular formula is C17H22N2O2S. The summed E-state index contributed by atoms with van der Waals surface area (Å²) in [4.78, 5) is 16.0. The standard InChI is InChI=1S/C17H22N2O2S/c1-5-6-13-14(15(20)21)22-16(19-13)18-12-9-7-11(8-10-12)17(2,3)4/h7-10H,5-6H2,1-4H3,(H,18,19)(H,20,21). The maximum atomic E-state index is 11.3. The number of aryl methyl sites for hydroxylation is 1. The zero-order valence-electron chi connectivity index (χ0n) is 13.4. The van der Waals surface area contributed by atoms with Gasteiger partial charge in [-0.15, -0.1) is 0 Å². The SMILES string of the molecule is CCCc1nc(Nc2ccc(C(C)(C)C)cc2)sc1C(=O)O. The van der Waals surface area contributed by atoms with Gasteiger partial charge in [0, 0.05) is 5.69 Å². The molecule has 0 fully saturated rings. The largest absolute Gasteiger partial charge is 0.477 e. The average molecular weight is 318 g/mol. The van der Waals surface area contributed by atoms with Crippen molar-refractivity contribution in [3.05, 3.63) is 40.4 Å². The maximum absolute atomic E-state index is 11.3. The van der Waals surface area contributed by atoms with Crippen LogP contribution in [0, 0.1) is 0 Å². The minimum atomic E-state index is -0.905. The number of nitrogens with zero attached hydrogens (tertiary/aromatic N) is 1. The molecule has 0 aliphatic carbocycles. The minimum absolute atomic E-state index is 0.116. The van der Waals surface area contributed by atoms with Gasteiger partial charge in [0.2, 0.25) is 0 Å². The number of aromatic carboxylic acids is 1. The highest BCUT2D eigenvalue weighted by Gasteiger charge is 2.17. The van der Waals surface area contributed by atoms with E-state index in [-0.39, 0.29) is 5.41 Å². The fourth-order valence-electron chi connectivity index (χ4n) is 2.16. The smallest absolute Gasteiger partial charge is 0.347 e. The zero-order valence-corrected chi connectivity index (χ0v) is 14.3. The third kappa shape index (κ3) is 3.85. The first-order valence-electron chi connectivity index (χ1n) is 7.42. The van der Waals surface area contributed by atoms with Gasteiger partial charge in [0.05, 0.1) is 5.69 Å². The van der Waals surface area contributed by atoms with Gasteiger partial charge in [-0.25, -0.2) is 9.78 Å². The second-order valence-electron chi connectivity index (χ2n) is 6.30. The molecule has 2 N–H and O–H groups in total. The van der Waals surface area contributed by atoms with Gasteiger partial charge < -0.3 is 10.4 Å². The fraction of sp³-hybridized carbons (Fsp3) is 0.412. The van der Waals surface area contributed by atoms with Crippen molar-refractivity contribution in [1.82, 2.24) is 4.98 Å². The number of aromatic nitrogens is 1. The molecular weight excluding hydrogens is 296 g/mol. The molecule has 0 atom stereocenters. The second-order valence-corrected chi connectivity index (χ2v) is 7.30. The Hall–Kier alpha value is -1.88. The first-order chi connectivity index (χ1) is 10.3. The van der Waals surface area contributed by atoms with Gasteiger partial charge in [-0.2, -0.15) is 0 Å². The van der Waals surface area contributed by atoms with Gasteiger partial charge in [-0.05, 0) is 29.5 Å². The van der Waals surface area contributed by atoms with Gasteiger partial charge in [0.15, 0.2) is 5.13 Å². The molecule has 5 heteroatoms. The molecule has 118 valence electrons. The molecule has 1 aromatic heterocycles. The number of carboxylic acids is 1. The minimum Gasteiger partial charge on any atom is -0.477 e. The topological polar surface area (TPSA) is 62.2 Å². The van der Waals surface area contributed by atoms with Crippen LogP contribution in [-0.4, -0.2) is 16.1 Å². The number of carbonyl (C=O) groups is 1. The Morgan fingerprint density at radius 2 is 1.91 bits per heavy atom. The Kier molecular flexibility index (Phi) is 4.86. The van der Waals surface area contributed by atoms with Gasteiger partial charge in [-0.1, -0.05) is 57.6 Å². The molecule has 0 spiro atoms. The second kappa shape index (κ2) is 6.48. The molecule has 22 heavy (non-hydrogen) atoms. The molecule has 0 amide bonds. The Labute approximate surface area is 135 Å². The number of hydrogen-bond acceptors (Lipinski definition) is 4. The number of hydrogen-bond donors (Lipinski definition) is 2. The Morgan fingerprint density at radius 1 is 1.27 bits per heavy atom. The molecule has 0 aliphatic rings. The first kappa shape index (κ1) is 16.5. The van der Waals surface area contributed by atoms with Crippen molar-refractivity contribution < 1.29 is 9.90 Å². The molecule has 1 aromatic carbocycles. The highest BCUT2D eigenvalue weighted by Crippen LogP contribution is 2.28. The molecule has 0 bridgehead atoms. The van der Waals surface area contributed by atoms with Crippen LogP contribution in [0.15, 0.2) is 24.3 Å². The lowest BCUT2D eigenvalue weighted by Crippen LogP contribution is -2.10. The zero-order chi connectivity index (χ0) is 16.3. The van der Waals surface area contributed by atoms with Crippen LogP contribution in [0.2, 0.25) is 0 Å².